The van der Waals surface area contributed by atoms with Crippen molar-refractivity contribution in [2.75, 3.05) is 13.1 Å². The lowest BCUT2D eigenvalue weighted by atomic mass is 9.96. The molecule has 2 heterocycles. The van der Waals surface area contributed by atoms with Crippen LogP contribution in [-0.4, -0.2) is 29.8 Å². The smallest absolute Gasteiger partial charge is 0.263 e. The molecule has 25 heavy (non-hydrogen) atoms. The number of likely N-dealkylation sites (tertiary alicyclic amines) is 1. The Labute approximate surface area is 156 Å². The number of thiophene rings is 1. The summed E-state index contributed by atoms with van der Waals surface area (Å²) in [5.41, 5.74) is 0.975. The third-order valence-corrected chi connectivity index (χ3v) is 5.61. The van der Waals surface area contributed by atoms with E-state index in [9.17, 15) is 9.59 Å². The van der Waals surface area contributed by atoms with Crippen molar-refractivity contribution in [3.05, 3.63) is 57.2 Å². The van der Waals surface area contributed by atoms with Crippen LogP contribution in [0.1, 0.15) is 41.0 Å². The Bertz CT molecular complexity index is 748. The second kappa shape index (κ2) is 8.02. The van der Waals surface area contributed by atoms with Gasteiger partial charge in [-0.25, -0.2) is 0 Å². The highest BCUT2D eigenvalue weighted by atomic mass is 35.5. The molecule has 1 aromatic carbocycles. The van der Waals surface area contributed by atoms with E-state index in [4.69, 9.17) is 11.6 Å². The van der Waals surface area contributed by atoms with E-state index in [1.807, 2.05) is 48.7 Å². The molecule has 0 aliphatic carbocycles. The largest absolute Gasteiger partial charge is 0.349 e. The summed E-state index contributed by atoms with van der Waals surface area (Å²) in [7, 11) is 0. The van der Waals surface area contributed by atoms with Gasteiger partial charge in [0.2, 0.25) is 5.91 Å². The topological polar surface area (TPSA) is 49.4 Å². The number of hydrogen-bond donors (Lipinski definition) is 1. The van der Waals surface area contributed by atoms with Crippen LogP contribution >= 0.6 is 22.9 Å². The molecule has 1 fully saturated rings. The molecule has 1 N–H and O–H groups in total. The number of hydrogen-bond acceptors (Lipinski definition) is 3. The molecule has 1 aliphatic rings. The summed E-state index contributed by atoms with van der Waals surface area (Å²) in [5, 5.41) is 5.61. The van der Waals surface area contributed by atoms with Crippen molar-refractivity contribution in [3.8, 4) is 0 Å². The van der Waals surface area contributed by atoms with E-state index < -0.39 is 0 Å². The van der Waals surface area contributed by atoms with Gasteiger partial charge in [0.25, 0.3) is 5.91 Å². The minimum atomic E-state index is -0.167. The minimum Gasteiger partial charge on any atom is -0.349 e. The fourth-order valence-electron chi connectivity index (χ4n) is 3.12. The van der Waals surface area contributed by atoms with Crippen molar-refractivity contribution in [1.82, 2.24) is 10.2 Å². The maximum absolute atomic E-state index is 12.6. The number of carbonyl (C=O) groups is 2. The highest BCUT2D eigenvalue weighted by Gasteiger charge is 2.29. The van der Waals surface area contributed by atoms with E-state index in [1.165, 1.54) is 11.3 Å². The normalized spacial score (nSPS) is 18.6. The number of carbonyl (C=O) groups excluding carboxylic acids is 2. The average Bonchev–Trinajstić information content (AvgIpc) is 3.15. The van der Waals surface area contributed by atoms with Crippen LogP contribution in [0.4, 0.5) is 0 Å². The first-order chi connectivity index (χ1) is 12.0. The first kappa shape index (κ1) is 18.0. The number of rotatable bonds is 4. The lowest BCUT2D eigenvalue weighted by molar-refractivity contribution is -0.127. The van der Waals surface area contributed by atoms with Gasteiger partial charge in [-0.3, -0.25) is 9.59 Å². The SMILES string of the molecule is C[C@H](NC(=O)[C@@H]1CCCN(C(=O)c2cccs2)C1)c1cccc(Cl)c1. The van der Waals surface area contributed by atoms with Crippen molar-refractivity contribution in [2.45, 2.75) is 25.8 Å². The Morgan fingerprint density at radius 3 is 2.88 bits per heavy atom. The molecule has 1 saturated heterocycles. The van der Waals surface area contributed by atoms with Gasteiger partial charge in [0.15, 0.2) is 0 Å². The lowest BCUT2D eigenvalue weighted by Crippen LogP contribution is -2.45. The molecule has 2 atom stereocenters. The number of halogens is 1. The van der Waals surface area contributed by atoms with E-state index in [0.29, 0.717) is 18.1 Å². The zero-order valence-electron chi connectivity index (χ0n) is 14.1. The summed E-state index contributed by atoms with van der Waals surface area (Å²) in [6, 6.07) is 11.1. The van der Waals surface area contributed by atoms with Gasteiger partial charge >= 0.3 is 0 Å². The third kappa shape index (κ3) is 4.41. The molecule has 0 unspecified atom stereocenters. The molecular formula is C19H21ClN2O2S. The monoisotopic (exact) mass is 376 g/mol. The Morgan fingerprint density at radius 1 is 1.32 bits per heavy atom. The van der Waals surface area contributed by atoms with Crippen LogP contribution in [0.25, 0.3) is 0 Å². The molecule has 0 saturated carbocycles. The van der Waals surface area contributed by atoms with Crippen LogP contribution in [0.2, 0.25) is 5.02 Å². The van der Waals surface area contributed by atoms with E-state index in [1.54, 1.807) is 4.90 Å². The van der Waals surface area contributed by atoms with Crippen molar-refractivity contribution in [2.24, 2.45) is 5.92 Å². The predicted octanol–water partition coefficient (Wildman–Crippen LogP) is 4.13. The fourth-order valence-corrected chi connectivity index (χ4v) is 4.01. The molecule has 0 spiro atoms. The highest BCUT2D eigenvalue weighted by Crippen LogP contribution is 2.22. The third-order valence-electron chi connectivity index (χ3n) is 4.52. The van der Waals surface area contributed by atoms with Crippen LogP contribution < -0.4 is 5.32 Å². The van der Waals surface area contributed by atoms with E-state index in [0.717, 1.165) is 23.3 Å². The summed E-state index contributed by atoms with van der Waals surface area (Å²) in [6.07, 6.45) is 1.66. The van der Waals surface area contributed by atoms with E-state index in [2.05, 4.69) is 5.32 Å². The number of piperidine rings is 1. The molecule has 132 valence electrons. The summed E-state index contributed by atoms with van der Waals surface area (Å²) in [6.45, 7) is 3.14. The van der Waals surface area contributed by atoms with Gasteiger partial charge in [-0.15, -0.1) is 11.3 Å². The van der Waals surface area contributed by atoms with Gasteiger partial charge in [-0.1, -0.05) is 29.8 Å². The summed E-state index contributed by atoms with van der Waals surface area (Å²) >= 11 is 7.46. The molecule has 4 nitrogen and oxygen atoms in total. The number of nitrogens with one attached hydrogen (secondary N) is 1. The van der Waals surface area contributed by atoms with Crippen molar-refractivity contribution < 1.29 is 9.59 Å². The van der Waals surface area contributed by atoms with Gasteiger partial charge in [0, 0.05) is 18.1 Å². The molecule has 0 bridgehead atoms. The summed E-state index contributed by atoms with van der Waals surface area (Å²) in [5.74, 6) is -0.147. The number of benzene rings is 1. The zero-order valence-corrected chi connectivity index (χ0v) is 15.6. The Balaban J connectivity index is 1.61. The van der Waals surface area contributed by atoms with Crippen molar-refractivity contribution >= 4 is 34.8 Å². The quantitative estimate of drug-likeness (QED) is 0.872. The highest BCUT2D eigenvalue weighted by molar-refractivity contribution is 7.12. The van der Waals surface area contributed by atoms with Gasteiger partial charge in [-0.05, 0) is 48.9 Å². The summed E-state index contributed by atoms with van der Waals surface area (Å²) in [4.78, 5) is 27.7. The van der Waals surface area contributed by atoms with E-state index in [-0.39, 0.29) is 23.8 Å². The molecule has 6 heteroatoms. The maximum Gasteiger partial charge on any atom is 0.263 e. The molecule has 1 aliphatic heterocycles. The van der Waals surface area contributed by atoms with Crippen molar-refractivity contribution in [1.29, 1.82) is 0 Å². The zero-order chi connectivity index (χ0) is 17.8. The van der Waals surface area contributed by atoms with Crippen LogP contribution in [0, 0.1) is 5.92 Å². The Morgan fingerprint density at radius 2 is 2.16 bits per heavy atom. The van der Waals surface area contributed by atoms with Crippen LogP contribution in [-0.2, 0) is 4.79 Å². The maximum atomic E-state index is 12.6. The predicted molar refractivity (Wildman–Crippen MR) is 101 cm³/mol. The second-order valence-corrected chi connectivity index (χ2v) is 7.74. The van der Waals surface area contributed by atoms with Gasteiger partial charge in [0.1, 0.15) is 0 Å². The van der Waals surface area contributed by atoms with E-state index >= 15 is 0 Å². The van der Waals surface area contributed by atoms with Crippen molar-refractivity contribution in [3.63, 3.8) is 0 Å². The van der Waals surface area contributed by atoms with Crippen LogP contribution in [0.3, 0.4) is 0 Å². The molecule has 1 aromatic heterocycles. The van der Waals surface area contributed by atoms with Crippen LogP contribution in [0.15, 0.2) is 41.8 Å². The average molecular weight is 377 g/mol. The Kier molecular flexibility index (Phi) is 5.76. The lowest BCUT2D eigenvalue weighted by Gasteiger charge is -2.32. The molecule has 2 amide bonds. The first-order valence-electron chi connectivity index (χ1n) is 8.43. The van der Waals surface area contributed by atoms with Gasteiger partial charge in [-0.2, -0.15) is 0 Å². The van der Waals surface area contributed by atoms with Crippen LogP contribution in [0.5, 0.6) is 0 Å². The summed E-state index contributed by atoms with van der Waals surface area (Å²) < 4.78 is 0. The second-order valence-electron chi connectivity index (χ2n) is 6.35. The molecule has 0 radical (unpaired) electrons. The fraction of sp³-hybridized carbons (Fsp3) is 0.368. The molecule has 2 aromatic rings. The van der Waals surface area contributed by atoms with Gasteiger partial charge < -0.3 is 10.2 Å². The first-order valence-corrected chi connectivity index (χ1v) is 9.69. The molecule has 3 rings (SSSR count). The number of amides is 2. The molecular weight excluding hydrogens is 356 g/mol. The van der Waals surface area contributed by atoms with Gasteiger partial charge in [0.05, 0.1) is 16.8 Å². The standard InChI is InChI=1S/C19H21ClN2O2S/c1-13(14-5-2-7-16(20)11-14)21-18(23)15-6-3-9-22(12-15)19(24)17-8-4-10-25-17/h2,4-5,7-8,10-11,13,15H,3,6,9,12H2,1H3,(H,21,23)/t13-,15+/m0/s1. The minimum absolute atomic E-state index is 0.00356. The Hall–Kier alpha value is -1.85. The number of nitrogens with zero attached hydrogens (tertiary/aromatic N) is 1.